The minimum absolute atomic E-state index is 0.00424. The number of aryl methyl sites for hydroxylation is 1. The maximum absolute atomic E-state index is 12.8. The van der Waals surface area contributed by atoms with Crippen molar-refractivity contribution in [3.8, 4) is 11.1 Å². The van der Waals surface area contributed by atoms with E-state index in [1.807, 2.05) is 42.6 Å². The summed E-state index contributed by atoms with van der Waals surface area (Å²) in [5, 5.41) is 5.35. The maximum Gasteiger partial charge on any atom is 0.260 e. The number of nitrogens with one attached hydrogen (secondary N) is 2. The first-order valence-corrected chi connectivity index (χ1v) is 13.6. The Kier molecular flexibility index (Phi) is 7.90. The number of carbonyl (C=O) groups excluding carboxylic acids is 1. The molecule has 0 saturated carbocycles. The van der Waals surface area contributed by atoms with Crippen molar-refractivity contribution in [1.82, 2.24) is 15.3 Å². The lowest BCUT2D eigenvalue weighted by molar-refractivity contribution is -0.120. The summed E-state index contributed by atoms with van der Waals surface area (Å²) >= 11 is 4.66. The Morgan fingerprint density at radius 1 is 1.15 bits per heavy atom. The third-order valence-corrected chi connectivity index (χ3v) is 8.15. The average molecular weight is 496 g/mol. The Morgan fingerprint density at radius 2 is 1.91 bits per heavy atom. The molecule has 0 bridgehead atoms. The number of hydrogen-bond donors (Lipinski definition) is 2. The second-order valence-electron chi connectivity index (χ2n) is 7.61. The summed E-state index contributed by atoms with van der Waals surface area (Å²) < 4.78 is 0. The van der Waals surface area contributed by atoms with Crippen LogP contribution in [0.5, 0.6) is 0 Å². The standard InChI is InChI=1S/C25H25N3O2S3/c1-16-8-10-19(11-9-16)31-13-12-26-23(29)17(2)32-15-21-27-24(30)22-20(14-33-25(22)28-21)18-6-4-3-5-7-18/h3-11,14,17H,12-13,15H2,1-2H3,(H,26,29)(H,27,28,30). The Hall–Kier alpha value is -2.55. The van der Waals surface area contributed by atoms with Gasteiger partial charge in [0.1, 0.15) is 10.7 Å². The van der Waals surface area contributed by atoms with E-state index < -0.39 is 0 Å². The van der Waals surface area contributed by atoms with Crippen LogP contribution in [0.4, 0.5) is 0 Å². The topological polar surface area (TPSA) is 74.8 Å². The molecule has 1 amide bonds. The lowest BCUT2D eigenvalue weighted by atomic mass is 10.1. The van der Waals surface area contributed by atoms with Gasteiger partial charge in [-0.2, -0.15) is 0 Å². The summed E-state index contributed by atoms with van der Waals surface area (Å²) in [6.07, 6.45) is 0. The average Bonchev–Trinajstić information content (AvgIpc) is 3.26. The number of thioether (sulfide) groups is 2. The van der Waals surface area contributed by atoms with Gasteiger partial charge < -0.3 is 10.3 Å². The highest BCUT2D eigenvalue weighted by Crippen LogP contribution is 2.30. The van der Waals surface area contributed by atoms with Gasteiger partial charge in [0.2, 0.25) is 5.91 Å². The van der Waals surface area contributed by atoms with Gasteiger partial charge in [-0.1, -0.05) is 48.0 Å². The van der Waals surface area contributed by atoms with Gasteiger partial charge in [0.25, 0.3) is 5.56 Å². The highest BCUT2D eigenvalue weighted by molar-refractivity contribution is 7.99. The molecular formula is C25H25N3O2S3. The molecule has 0 aliphatic rings. The molecule has 2 N–H and O–H groups in total. The van der Waals surface area contributed by atoms with Crippen molar-refractivity contribution in [2.24, 2.45) is 0 Å². The number of aromatic amines is 1. The van der Waals surface area contributed by atoms with E-state index in [1.54, 1.807) is 11.8 Å². The number of carbonyl (C=O) groups is 1. The number of hydrogen-bond acceptors (Lipinski definition) is 6. The summed E-state index contributed by atoms with van der Waals surface area (Å²) in [6, 6.07) is 18.2. The maximum atomic E-state index is 12.8. The zero-order valence-corrected chi connectivity index (χ0v) is 20.9. The molecule has 2 aromatic carbocycles. The SMILES string of the molecule is Cc1ccc(SCCNC(=O)C(C)SCc2nc3scc(-c4ccccc4)c3c(=O)[nH]2)cc1. The molecule has 33 heavy (non-hydrogen) atoms. The van der Waals surface area contributed by atoms with Crippen molar-refractivity contribution < 1.29 is 4.79 Å². The van der Waals surface area contributed by atoms with Crippen molar-refractivity contribution >= 4 is 51.0 Å². The highest BCUT2D eigenvalue weighted by Gasteiger charge is 2.16. The van der Waals surface area contributed by atoms with E-state index in [-0.39, 0.29) is 16.7 Å². The minimum atomic E-state index is -0.237. The predicted octanol–water partition coefficient (Wildman–Crippen LogP) is 5.49. The second-order valence-corrected chi connectivity index (χ2v) is 11.0. The molecule has 170 valence electrons. The molecule has 1 unspecified atom stereocenters. The zero-order chi connectivity index (χ0) is 23.2. The molecule has 2 aromatic heterocycles. The van der Waals surface area contributed by atoms with E-state index >= 15 is 0 Å². The fourth-order valence-corrected chi connectivity index (χ4v) is 5.81. The summed E-state index contributed by atoms with van der Waals surface area (Å²) in [4.78, 5) is 34.6. The van der Waals surface area contributed by atoms with E-state index in [0.29, 0.717) is 23.5 Å². The fourth-order valence-electron chi connectivity index (χ4n) is 3.29. The van der Waals surface area contributed by atoms with Crippen molar-refractivity contribution in [3.05, 3.63) is 81.7 Å². The molecule has 2 heterocycles. The van der Waals surface area contributed by atoms with Crippen molar-refractivity contribution in [1.29, 1.82) is 0 Å². The molecule has 1 atom stereocenters. The largest absolute Gasteiger partial charge is 0.354 e. The van der Waals surface area contributed by atoms with E-state index in [1.165, 1.54) is 33.6 Å². The van der Waals surface area contributed by atoms with Crippen molar-refractivity contribution in [2.75, 3.05) is 12.3 Å². The van der Waals surface area contributed by atoms with Crippen LogP contribution in [0.3, 0.4) is 0 Å². The lowest BCUT2D eigenvalue weighted by Gasteiger charge is -2.12. The fraction of sp³-hybridized carbons (Fsp3) is 0.240. The molecule has 0 spiro atoms. The summed E-state index contributed by atoms with van der Waals surface area (Å²) in [7, 11) is 0. The normalized spacial score (nSPS) is 12.1. The number of nitrogens with zero attached hydrogens (tertiary/aromatic N) is 1. The van der Waals surface area contributed by atoms with Crippen LogP contribution in [0.15, 0.2) is 69.7 Å². The third kappa shape index (κ3) is 6.07. The molecule has 0 saturated heterocycles. The van der Waals surface area contributed by atoms with E-state index in [2.05, 4.69) is 46.5 Å². The molecular weight excluding hydrogens is 470 g/mol. The Bertz CT molecular complexity index is 1280. The van der Waals surface area contributed by atoms with Gasteiger partial charge >= 0.3 is 0 Å². The first kappa shape index (κ1) is 23.6. The quantitative estimate of drug-likeness (QED) is 0.237. The van der Waals surface area contributed by atoms with Crippen LogP contribution >= 0.6 is 34.9 Å². The number of thiophene rings is 1. The van der Waals surface area contributed by atoms with E-state index in [0.717, 1.165) is 21.7 Å². The molecule has 4 rings (SSSR count). The Morgan fingerprint density at radius 3 is 2.67 bits per heavy atom. The number of benzene rings is 2. The minimum Gasteiger partial charge on any atom is -0.354 e. The number of rotatable bonds is 9. The lowest BCUT2D eigenvalue weighted by Crippen LogP contribution is -2.32. The van der Waals surface area contributed by atoms with Gasteiger partial charge in [-0.25, -0.2) is 4.98 Å². The second kappa shape index (κ2) is 11.0. The van der Waals surface area contributed by atoms with E-state index in [4.69, 9.17) is 0 Å². The van der Waals surface area contributed by atoms with Gasteiger partial charge in [0, 0.05) is 28.1 Å². The molecule has 5 nitrogen and oxygen atoms in total. The number of fused-ring (bicyclic) bond motifs is 1. The summed E-state index contributed by atoms with van der Waals surface area (Å²) in [5.74, 6) is 1.88. The van der Waals surface area contributed by atoms with Gasteiger partial charge in [0.05, 0.1) is 16.4 Å². The van der Waals surface area contributed by atoms with Gasteiger partial charge in [0.15, 0.2) is 0 Å². The predicted molar refractivity (Wildman–Crippen MR) is 141 cm³/mol. The first-order chi connectivity index (χ1) is 16.0. The van der Waals surface area contributed by atoms with Gasteiger partial charge in [-0.15, -0.1) is 34.9 Å². The monoisotopic (exact) mass is 495 g/mol. The molecule has 8 heteroatoms. The van der Waals surface area contributed by atoms with Crippen LogP contribution in [0.1, 0.15) is 18.3 Å². The van der Waals surface area contributed by atoms with Crippen molar-refractivity contribution in [2.45, 2.75) is 29.7 Å². The zero-order valence-electron chi connectivity index (χ0n) is 18.5. The molecule has 0 fully saturated rings. The van der Waals surface area contributed by atoms with Crippen LogP contribution in [-0.2, 0) is 10.5 Å². The smallest absolute Gasteiger partial charge is 0.260 e. The number of amides is 1. The summed E-state index contributed by atoms with van der Waals surface area (Å²) in [5.41, 5.74) is 3.01. The first-order valence-electron chi connectivity index (χ1n) is 10.7. The van der Waals surface area contributed by atoms with Crippen LogP contribution in [0, 0.1) is 6.92 Å². The van der Waals surface area contributed by atoms with Crippen LogP contribution < -0.4 is 10.9 Å². The highest BCUT2D eigenvalue weighted by atomic mass is 32.2. The molecule has 0 radical (unpaired) electrons. The van der Waals surface area contributed by atoms with E-state index in [9.17, 15) is 9.59 Å². The number of aromatic nitrogens is 2. The Labute approximate surface area is 205 Å². The van der Waals surface area contributed by atoms with Crippen molar-refractivity contribution in [3.63, 3.8) is 0 Å². The third-order valence-electron chi connectivity index (χ3n) is 5.11. The molecule has 0 aliphatic carbocycles. The van der Waals surface area contributed by atoms with Crippen LogP contribution in [0.2, 0.25) is 0 Å². The van der Waals surface area contributed by atoms with Crippen LogP contribution in [-0.4, -0.2) is 33.4 Å². The van der Waals surface area contributed by atoms with Crippen LogP contribution in [0.25, 0.3) is 21.3 Å². The van der Waals surface area contributed by atoms with Gasteiger partial charge in [-0.3, -0.25) is 9.59 Å². The number of H-pyrrole nitrogens is 1. The van der Waals surface area contributed by atoms with Gasteiger partial charge in [-0.05, 0) is 31.5 Å². The molecule has 4 aromatic rings. The summed E-state index contributed by atoms with van der Waals surface area (Å²) in [6.45, 7) is 4.56. The Balaban J connectivity index is 1.30. The molecule has 0 aliphatic heterocycles.